The molecule has 2 fully saturated rings. The monoisotopic (exact) mass is 377 g/mol. The van der Waals surface area contributed by atoms with Gasteiger partial charge in [0.25, 0.3) is 0 Å². The van der Waals surface area contributed by atoms with Crippen LogP contribution in [0.25, 0.3) is 0 Å². The molecule has 0 aromatic heterocycles. The molecule has 27 heavy (non-hydrogen) atoms. The third-order valence-electron chi connectivity index (χ3n) is 5.61. The van der Waals surface area contributed by atoms with Crippen molar-refractivity contribution in [2.75, 3.05) is 33.4 Å². The van der Waals surface area contributed by atoms with Crippen molar-refractivity contribution in [3.05, 3.63) is 23.3 Å². The Morgan fingerprint density at radius 1 is 1.19 bits per heavy atom. The van der Waals surface area contributed by atoms with E-state index in [0.717, 1.165) is 31.0 Å². The quantitative estimate of drug-likeness (QED) is 0.869. The van der Waals surface area contributed by atoms with Crippen LogP contribution in [0.3, 0.4) is 0 Å². The molecule has 6 nitrogen and oxygen atoms in total. The maximum atomic E-state index is 10.7. The highest BCUT2D eigenvalue weighted by atomic mass is 16.6. The van der Waals surface area contributed by atoms with E-state index < -0.39 is 6.10 Å². The van der Waals surface area contributed by atoms with E-state index in [9.17, 15) is 5.11 Å². The fourth-order valence-electron chi connectivity index (χ4n) is 4.27. The van der Waals surface area contributed by atoms with Gasteiger partial charge in [0, 0.05) is 19.1 Å². The molecule has 3 heterocycles. The second kappa shape index (κ2) is 7.24. The lowest BCUT2D eigenvalue weighted by atomic mass is 9.84. The molecule has 150 valence electrons. The molecule has 0 radical (unpaired) electrons. The topological polar surface area (TPSA) is 60.4 Å². The summed E-state index contributed by atoms with van der Waals surface area (Å²) >= 11 is 0. The van der Waals surface area contributed by atoms with Crippen LogP contribution in [0.5, 0.6) is 11.5 Å². The first-order valence-corrected chi connectivity index (χ1v) is 9.89. The molecule has 0 amide bonds. The van der Waals surface area contributed by atoms with Gasteiger partial charge in [-0.05, 0) is 56.9 Å². The summed E-state index contributed by atoms with van der Waals surface area (Å²) in [5, 5.41) is 10.7. The van der Waals surface area contributed by atoms with Gasteiger partial charge in [-0.15, -0.1) is 0 Å². The molecule has 1 aromatic rings. The van der Waals surface area contributed by atoms with Gasteiger partial charge in [0.05, 0.1) is 38.1 Å². The zero-order valence-electron chi connectivity index (χ0n) is 16.7. The lowest BCUT2D eigenvalue weighted by Crippen LogP contribution is -2.53. The third kappa shape index (κ3) is 3.94. The number of aliphatic hydroxyl groups excluding tert-OH is 1. The van der Waals surface area contributed by atoms with Gasteiger partial charge in [0.2, 0.25) is 0 Å². The second-order valence-corrected chi connectivity index (χ2v) is 8.81. The van der Waals surface area contributed by atoms with Crippen molar-refractivity contribution in [3.8, 4) is 11.5 Å². The summed E-state index contributed by atoms with van der Waals surface area (Å²) in [5.41, 5.74) is 2.27. The molecule has 6 heteroatoms. The Bertz CT molecular complexity index is 682. The Hall–Kier alpha value is -1.34. The SMILES string of the molecule is COc1cc2c(cc1OC1COC1)CCN1CC(OC(C)(C)C)C(O)CC21. The van der Waals surface area contributed by atoms with Crippen molar-refractivity contribution in [3.63, 3.8) is 0 Å². The van der Waals surface area contributed by atoms with Crippen LogP contribution >= 0.6 is 0 Å². The van der Waals surface area contributed by atoms with Crippen molar-refractivity contribution in [1.82, 2.24) is 4.90 Å². The summed E-state index contributed by atoms with van der Waals surface area (Å²) in [7, 11) is 1.68. The number of methoxy groups -OCH3 is 1. The van der Waals surface area contributed by atoms with Gasteiger partial charge in [0.15, 0.2) is 11.5 Å². The van der Waals surface area contributed by atoms with Gasteiger partial charge < -0.3 is 24.1 Å². The summed E-state index contributed by atoms with van der Waals surface area (Å²) in [6.07, 6.45) is 1.14. The smallest absolute Gasteiger partial charge is 0.162 e. The highest BCUT2D eigenvalue weighted by Crippen LogP contribution is 2.43. The number of hydrogen-bond donors (Lipinski definition) is 1. The molecule has 4 rings (SSSR count). The van der Waals surface area contributed by atoms with E-state index in [1.807, 2.05) is 20.8 Å². The molecule has 0 spiro atoms. The Kier molecular flexibility index (Phi) is 5.10. The molecule has 0 bridgehead atoms. The highest BCUT2D eigenvalue weighted by Gasteiger charge is 2.40. The van der Waals surface area contributed by atoms with Crippen molar-refractivity contribution in [2.45, 2.75) is 63.6 Å². The van der Waals surface area contributed by atoms with E-state index in [1.54, 1.807) is 7.11 Å². The average molecular weight is 377 g/mol. The second-order valence-electron chi connectivity index (χ2n) is 8.81. The van der Waals surface area contributed by atoms with Crippen LogP contribution in [0, 0.1) is 0 Å². The lowest BCUT2D eigenvalue weighted by molar-refractivity contribution is -0.149. The third-order valence-corrected chi connectivity index (χ3v) is 5.61. The zero-order chi connectivity index (χ0) is 19.2. The molecule has 3 unspecified atom stereocenters. The first-order valence-electron chi connectivity index (χ1n) is 9.89. The summed E-state index contributed by atoms with van der Waals surface area (Å²) in [6.45, 7) is 9.11. The predicted molar refractivity (Wildman–Crippen MR) is 101 cm³/mol. The fraction of sp³-hybridized carbons (Fsp3) is 0.714. The Morgan fingerprint density at radius 3 is 2.59 bits per heavy atom. The average Bonchev–Trinajstić information content (AvgIpc) is 2.57. The van der Waals surface area contributed by atoms with Gasteiger partial charge in [-0.2, -0.15) is 0 Å². The van der Waals surface area contributed by atoms with E-state index in [1.165, 1.54) is 11.1 Å². The number of benzene rings is 1. The summed E-state index contributed by atoms with van der Waals surface area (Å²) in [6, 6.07) is 4.41. The van der Waals surface area contributed by atoms with Crippen molar-refractivity contribution < 1.29 is 24.1 Å². The van der Waals surface area contributed by atoms with Crippen molar-refractivity contribution >= 4 is 0 Å². The van der Waals surface area contributed by atoms with E-state index in [-0.39, 0.29) is 23.9 Å². The molecule has 0 saturated carbocycles. The van der Waals surface area contributed by atoms with Crippen LogP contribution in [0.2, 0.25) is 0 Å². The summed E-state index contributed by atoms with van der Waals surface area (Å²) in [4.78, 5) is 2.44. The number of aliphatic hydroxyl groups is 1. The number of fused-ring (bicyclic) bond motifs is 3. The van der Waals surface area contributed by atoms with Gasteiger partial charge in [0.1, 0.15) is 6.10 Å². The molecule has 3 atom stereocenters. The van der Waals surface area contributed by atoms with E-state index in [4.69, 9.17) is 18.9 Å². The van der Waals surface area contributed by atoms with Crippen molar-refractivity contribution in [2.24, 2.45) is 0 Å². The number of ether oxygens (including phenoxy) is 4. The normalized spacial score (nSPS) is 28.9. The summed E-state index contributed by atoms with van der Waals surface area (Å²) < 4.78 is 23.0. The number of piperidine rings is 1. The highest BCUT2D eigenvalue weighted by molar-refractivity contribution is 5.50. The number of rotatable bonds is 4. The first kappa shape index (κ1) is 19.0. The Morgan fingerprint density at radius 2 is 1.96 bits per heavy atom. The van der Waals surface area contributed by atoms with Crippen LogP contribution in [-0.4, -0.2) is 67.3 Å². The number of hydrogen-bond acceptors (Lipinski definition) is 6. The summed E-state index contributed by atoms with van der Waals surface area (Å²) in [5.74, 6) is 1.55. The number of nitrogens with zero attached hydrogens (tertiary/aromatic N) is 1. The van der Waals surface area contributed by atoms with Crippen LogP contribution < -0.4 is 9.47 Å². The molecule has 3 aliphatic heterocycles. The molecule has 1 N–H and O–H groups in total. The lowest BCUT2D eigenvalue weighted by Gasteiger charge is -2.47. The van der Waals surface area contributed by atoms with Gasteiger partial charge in [-0.1, -0.05) is 0 Å². The van der Waals surface area contributed by atoms with Crippen LogP contribution in [0.4, 0.5) is 0 Å². The molecule has 2 saturated heterocycles. The molecular formula is C21H31NO5. The van der Waals surface area contributed by atoms with E-state index in [0.29, 0.717) is 19.6 Å². The van der Waals surface area contributed by atoms with Crippen LogP contribution in [0.15, 0.2) is 12.1 Å². The first-order chi connectivity index (χ1) is 12.8. The van der Waals surface area contributed by atoms with Gasteiger partial charge >= 0.3 is 0 Å². The maximum Gasteiger partial charge on any atom is 0.162 e. The fourth-order valence-corrected chi connectivity index (χ4v) is 4.27. The largest absolute Gasteiger partial charge is 0.493 e. The standard InChI is InChI=1S/C21H31NO5/c1-21(2,3)27-20-10-22-6-5-13-7-19(26-14-11-25-12-14)18(24-4)8-15(13)16(22)9-17(20)23/h7-8,14,16-17,20,23H,5-6,9-12H2,1-4H3. The van der Waals surface area contributed by atoms with E-state index >= 15 is 0 Å². The molecule has 0 aliphatic carbocycles. The molecule has 1 aromatic carbocycles. The maximum absolute atomic E-state index is 10.7. The Labute approximate surface area is 161 Å². The van der Waals surface area contributed by atoms with Crippen molar-refractivity contribution in [1.29, 1.82) is 0 Å². The van der Waals surface area contributed by atoms with Gasteiger partial charge in [-0.3, -0.25) is 4.90 Å². The molecular weight excluding hydrogens is 346 g/mol. The minimum atomic E-state index is -0.467. The Balaban J connectivity index is 1.56. The minimum absolute atomic E-state index is 0.115. The van der Waals surface area contributed by atoms with Crippen LogP contribution in [0.1, 0.15) is 44.4 Å². The zero-order valence-corrected chi connectivity index (χ0v) is 16.7. The predicted octanol–water partition coefficient (Wildman–Crippen LogP) is 2.32. The van der Waals surface area contributed by atoms with Crippen LogP contribution in [-0.2, 0) is 15.9 Å². The minimum Gasteiger partial charge on any atom is -0.493 e. The van der Waals surface area contributed by atoms with E-state index in [2.05, 4.69) is 17.0 Å². The van der Waals surface area contributed by atoms with Gasteiger partial charge in [-0.25, -0.2) is 0 Å². The molecule has 3 aliphatic rings.